The van der Waals surface area contributed by atoms with Crippen molar-refractivity contribution in [1.82, 2.24) is 0 Å². The SMILES string of the molecule is Cc1ccc(S(=O)(=O)c2ccoc2C)cc1. The molecule has 0 saturated heterocycles. The van der Waals surface area contributed by atoms with E-state index in [0.717, 1.165) is 5.56 Å². The molecule has 0 aliphatic carbocycles. The molecule has 1 heterocycles. The lowest BCUT2D eigenvalue weighted by Gasteiger charge is -2.03. The van der Waals surface area contributed by atoms with Gasteiger partial charge in [-0.3, -0.25) is 0 Å². The van der Waals surface area contributed by atoms with Crippen molar-refractivity contribution in [2.45, 2.75) is 23.6 Å². The van der Waals surface area contributed by atoms with E-state index in [-0.39, 0.29) is 4.90 Å². The molecule has 0 unspecified atom stereocenters. The fraction of sp³-hybridized carbons (Fsp3) is 0.167. The van der Waals surface area contributed by atoms with Crippen LogP contribution in [0.4, 0.5) is 0 Å². The van der Waals surface area contributed by atoms with Gasteiger partial charge in [-0.25, -0.2) is 8.42 Å². The Morgan fingerprint density at radius 2 is 1.62 bits per heavy atom. The topological polar surface area (TPSA) is 47.3 Å². The van der Waals surface area contributed by atoms with Crippen LogP contribution in [0.15, 0.2) is 50.8 Å². The molecule has 2 rings (SSSR count). The van der Waals surface area contributed by atoms with Crippen molar-refractivity contribution in [3.05, 3.63) is 47.9 Å². The maximum atomic E-state index is 12.2. The highest BCUT2D eigenvalue weighted by atomic mass is 32.2. The molecule has 2 aromatic rings. The number of aryl methyl sites for hydroxylation is 2. The van der Waals surface area contributed by atoms with Crippen LogP contribution in [-0.4, -0.2) is 8.42 Å². The molecule has 0 atom stereocenters. The van der Waals surface area contributed by atoms with Crippen LogP contribution in [0, 0.1) is 13.8 Å². The van der Waals surface area contributed by atoms with E-state index in [1.165, 1.54) is 12.3 Å². The van der Waals surface area contributed by atoms with Gasteiger partial charge in [-0.1, -0.05) is 17.7 Å². The Morgan fingerprint density at radius 3 is 2.12 bits per heavy atom. The van der Waals surface area contributed by atoms with E-state index >= 15 is 0 Å². The number of sulfone groups is 1. The van der Waals surface area contributed by atoms with Crippen LogP contribution in [0.1, 0.15) is 11.3 Å². The average Bonchev–Trinajstić information content (AvgIpc) is 2.66. The van der Waals surface area contributed by atoms with Crippen LogP contribution in [0.5, 0.6) is 0 Å². The summed E-state index contributed by atoms with van der Waals surface area (Å²) in [7, 11) is -3.44. The lowest BCUT2D eigenvalue weighted by atomic mass is 10.2. The van der Waals surface area contributed by atoms with E-state index < -0.39 is 9.84 Å². The fourth-order valence-electron chi connectivity index (χ4n) is 1.50. The molecule has 0 amide bonds. The third kappa shape index (κ3) is 1.76. The maximum absolute atomic E-state index is 12.2. The molecular formula is C12H12O3S. The standard InChI is InChI=1S/C12H12O3S/c1-9-3-5-11(6-4-9)16(13,14)12-7-8-15-10(12)2/h3-8H,1-2H3. The Hall–Kier alpha value is -1.55. The summed E-state index contributed by atoms with van der Waals surface area (Å²) >= 11 is 0. The van der Waals surface area contributed by atoms with Gasteiger partial charge in [0.15, 0.2) is 0 Å². The summed E-state index contributed by atoms with van der Waals surface area (Å²) < 4.78 is 29.4. The zero-order valence-corrected chi connectivity index (χ0v) is 9.91. The summed E-state index contributed by atoms with van der Waals surface area (Å²) in [6.45, 7) is 3.56. The molecular weight excluding hydrogens is 224 g/mol. The van der Waals surface area contributed by atoms with E-state index in [1.807, 2.05) is 6.92 Å². The Labute approximate surface area is 94.6 Å². The highest BCUT2D eigenvalue weighted by molar-refractivity contribution is 7.91. The summed E-state index contributed by atoms with van der Waals surface area (Å²) in [5.41, 5.74) is 1.03. The monoisotopic (exact) mass is 236 g/mol. The first-order chi connectivity index (χ1) is 7.51. The van der Waals surface area contributed by atoms with Crippen molar-refractivity contribution < 1.29 is 12.8 Å². The van der Waals surface area contributed by atoms with Crippen LogP contribution in [0.2, 0.25) is 0 Å². The first kappa shape index (κ1) is 11.0. The largest absolute Gasteiger partial charge is 0.468 e. The summed E-state index contributed by atoms with van der Waals surface area (Å²) in [5.74, 6) is 0.417. The van der Waals surface area contributed by atoms with Crippen LogP contribution < -0.4 is 0 Å². The predicted octanol–water partition coefficient (Wildman–Crippen LogP) is 2.73. The normalized spacial score (nSPS) is 11.6. The summed E-state index contributed by atoms with van der Waals surface area (Å²) in [6.07, 6.45) is 1.39. The molecule has 0 saturated carbocycles. The summed E-state index contributed by atoms with van der Waals surface area (Å²) in [5, 5.41) is 0. The lowest BCUT2D eigenvalue weighted by molar-refractivity contribution is 0.522. The van der Waals surface area contributed by atoms with Crippen molar-refractivity contribution in [2.75, 3.05) is 0 Å². The van der Waals surface area contributed by atoms with Crippen molar-refractivity contribution >= 4 is 9.84 Å². The Balaban J connectivity index is 2.56. The van der Waals surface area contributed by atoms with E-state index in [4.69, 9.17) is 4.42 Å². The van der Waals surface area contributed by atoms with Gasteiger partial charge in [0.05, 0.1) is 11.2 Å². The molecule has 0 bridgehead atoms. The maximum Gasteiger partial charge on any atom is 0.210 e. The van der Waals surface area contributed by atoms with E-state index in [2.05, 4.69) is 0 Å². The molecule has 4 heteroatoms. The number of hydrogen-bond donors (Lipinski definition) is 0. The third-order valence-electron chi connectivity index (χ3n) is 2.43. The molecule has 0 aliphatic heterocycles. The minimum atomic E-state index is -3.44. The Bertz CT molecular complexity index is 591. The minimum Gasteiger partial charge on any atom is -0.468 e. The highest BCUT2D eigenvalue weighted by Gasteiger charge is 2.21. The van der Waals surface area contributed by atoms with Crippen LogP contribution in [-0.2, 0) is 9.84 Å². The van der Waals surface area contributed by atoms with E-state index in [9.17, 15) is 8.42 Å². The van der Waals surface area contributed by atoms with Crippen molar-refractivity contribution in [3.8, 4) is 0 Å². The van der Waals surface area contributed by atoms with E-state index in [0.29, 0.717) is 10.7 Å². The van der Waals surface area contributed by atoms with E-state index in [1.54, 1.807) is 31.2 Å². The van der Waals surface area contributed by atoms with Crippen molar-refractivity contribution in [3.63, 3.8) is 0 Å². The van der Waals surface area contributed by atoms with Gasteiger partial charge in [-0.2, -0.15) is 0 Å². The van der Waals surface area contributed by atoms with Crippen LogP contribution in [0.25, 0.3) is 0 Å². The van der Waals surface area contributed by atoms with Crippen LogP contribution in [0.3, 0.4) is 0 Å². The molecule has 0 fully saturated rings. The molecule has 1 aromatic carbocycles. The second-order valence-electron chi connectivity index (χ2n) is 3.66. The zero-order chi connectivity index (χ0) is 11.8. The third-order valence-corrected chi connectivity index (χ3v) is 4.33. The molecule has 3 nitrogen and oxygen atoms in total. The predicted molar refractivity (Wildman–Crippen MR) is 60.1 cm³/mol. The lowest BCUT2D eigenvalue weighted by Crippen LogP contribution is -2.01. The number of hydrogen-bond acceptors (Lipinski definition) is 3. The van der Waals surface area contributed by atoms with Crippen molar-refractivity contribution in [2.24, 2.45) is 0 Å². The fourth-order valence-corrected chi connectivity index (χ4v) is 2.91. The average molecular weight is 236 g/mol. The molecule has 84 valence electrons. The number of rotatable bonds is 2. The molecule has 0 N–H and O–H groups in total. The summed E-state index contributed by atoms with van der Waals surface area (Å²) in [4.78, 5) is 0.527. The van der Waals surface area contributed by atoms with Gasteiger partial charge in [0.1, 0.15) is 10.7 Å². The molecule has 0 aliphatic rings. The van der Waals surface area contributed by atoms with Crippen molar-refractivity contribution in [1.29, 1.82) is 0 Å². The molecule has 0 radical (unpaired) electrons. The minimum absolute atomic E-state index is 0.233. The van der Waals surface area contributed by atoms with Gasteiger partial charge in [-0.15, -0.1) is 0 Å². The second kappa shape index (κ2) is 3.79. The van der Waals surface area contributed by atoms with Gasteiger partial charge in [0.25, 0.3) is 0 Å². The van der Waals surface area contributed by atoms with Gasteiger partial charge >= 0.3 is 0 Å². The molecule has 1 aromatic heterocycles. The zero-order valence-electron chi connectivity index (χ0n) is 9.10. The molecule has 0 spiro atoms. The smallest absolute Gasteiger partial charge is 0.210 e. The Kier molecular flexibility index (Phi) is 2.59. The van der Waals surface area contributed by atoms with Gasteiger partial charge < -0.3 is 4.42 Å². The van der Waals surface area contributed by atoms with Gasteiger partial charge in [0.2, 0.25) is 9.84 Å². The quantitative estimate of drug-likeness (QED) is 0.805. The van der Waals surface area contributed by atoms with Crippen LogP contribution >= 0.6 is 0 Å². The number of furan rings is 1. The molecule has 16 heavy (non-hydrogen) atoms. The first-order valence-electron chi connectivity index (χ1n) is 4.87. The highest BCUT2D eigenvalue weighted by Crippen LogP contribution is 2.24. The summed E-state index contributed by atoms with van der Waals surface area (Å²) in [6, 6.07) is 8.25. The van der Waals surface area contributed by atoms with Gasteiger partial charge in [0, 0.05) is 0 Å². The first-order valence-corrected chi connectivity index (χ1v) is 6.36. The second-order valence-corrected chi connectivity index (χ2v) is 5.58. The number of benzene rings is 1. The Morgan fingerprint density at radius 1 is 1.00 bits per heavy atom. The van der Waals surface area contributed by atoms with Gasteiger partial charge in [-0.05, 0) is 32.0 Å².